The van der Waals surface area contributed by atoms with Crippen LogP contribution in [0, 0.1) is 6.92 Å². The average Bonchev–Trinajstić information content (AvgIpc) is 2.61. The number of aromatic nitrogens is 2. The summed E-state index contributed by atoms with van der Waals surface area (Å²) in [7, 11) is 1.35. The number of alkyl halides is 3. The lowest BCUT2D eigenvalue weighted by Crippen LogP contribution is -2.29. The molecule has 0 saturated carbocycles. The number of ether oxygens (including phenoxy) is 1. The van der Waals surface area contributed by atoms with E-state index >= 15 is 0 Å². The van der Waals surface area contributed by atoms with Gasteiger partial charge >= 0.3 is 6.18 Å². The lowest BCUT2D eigenvalue weighted by atomic mass is 10.2. The van der Waals surface area contributed by atoms with Crippen LogP contribution in [0.5, 0.6) is 0 Å². The van der Waals surface area contributed by atoms with Crippen LogP contribution in [0.15, 0.2) is 0 Å². The molecule has 1 rings (SSSR count). The Morgan fingerprint density at radius 2 is 2.17 bits per heavy atom. The number of nitrogens with one attached hydrogen (secondary N) is 2. The molecule has 102 valence electrons. The third-order valence-corrected chi connectivity index (χ3v) is 2.48. The first-order valence-electron chi connectivity index (χ1n) is 5.27. The van der Waals surface area contributed by atoms with Gasteiger partial charge in [-0.2, -0.15) is 18.3 Å². The molecule has 1 aromatic heterocycles. The Morgan fingerprint density at radius 3 is 2.56 bits per heavy atom. The molecule has 1 atom stereocenters. The highest BCUT2D eigenvalue weighted by Crippen LogP contribution is 2.32. The van der Waals surface area contributed by atoms with Crippen molar-refractivity contribution in [3.05, 3.63) is 11.3 Å². The van der Waals surface area contributed by atoms with Gasteiger partial charge in [-0.3, -0.25) is 9.89 Å². The first kappa shape index (κ1) is 14.5. The van der Waals surface area contributed by atoms with Gasteiger partial charge in [0.15, 0.2) is 5.82 Å². The zero-order valence-electron chi connectivity index (χ0n) is 10.2. The van der Waals surface area contributed by atoms with Crippen molar-refractivity contribution in [3.63, 3.8) is 0 Å². The van der Waals surface area contributed by atoms with E-state index in [4.69, 9.17) is 4.74 Å². The van der Waals surface area contributed by atoms with E-state index in [9.17, 15) is 18.0 Å². The van der Waals surface area contributed by atoms with Gasteiger partial charge in [0.05, 0.1) is 0 Å². The largest absolute Gasteiger partial charge is 0.433 e. The normalized spacial score (nSPS) is 13.4. The Kier molecular flexibility index (Phi) is 4.33. The molecule has 8 heteroatoms. The van der Waals surface area contributed by atoms with Crippen molar-refractivity contribution in [2.75, 3.05) is 12.4 Å². The molecular formula is C10H14F3N3O2. The predicted molar refractivity (Wildman–Crippen MR) is 58.0 cm³/mol. The number of H-pyrrole nitrogens is 1. The molecule has 0 fully saturated rings. The van der Waals surface area contributed by atoms with Crippen LogP contribution < -0.4 is 5.32 Å². The van der Waals surface area contributed by atoms with E-state index in [1.165, 1.54) is 14.0 Å². The Balaban J connectivity index is 2.87. The van der Waals surface area contributed by atoms with Crippen LogP contribution in [0.2, 0.25) is 0 Å². The summed E-state index contributed by atoms with van der Waals surface area (Å²) in [5, 5.41) is 7.60. The summed E-state index contributed by atoms with van der Waals surface area (Å²) < 4.78 is 42.3. The van der Waals surface area contributed by atoms with Gasteiger partial charge in [-0.05, 0) is 13.3 Å². The molecule has 1 amide bonds. The molecule has 0 aliphatic carbocycles. The van der Waals surface area contributed by atoms with Crippen molar-refractivity contribution >= 4 is 11.7 Å². The number of hydrogen-bond acceptors (Lipinski definition) is 3. The monoisotopic (exact) mass is 265 g/mol. The Labute approximate surface area is 102 Å². The number of halogens is 3. The molecule has 0 aliphatic rings. The fraction of sp³-hybridized carbons (Fsp3) is 0.600. The number of carbonyl (C=O) groups is 1. The number of rotatable bonds is 4. The quantitative estimate of drug-likeness (QED) is 0.876. The topological polar surface area (TPSA) is 67.0 Å². The van der Waals surface area contributed by atoms with Crippen LogP contribution in [0.1, 0.15) is 24.6 Å². The third kappa shape index (κ3) is 3.00. The van der Waals surface area contributed by atoms with E-state index in [1.54, 1.807) is 6.92 Å². The fourth-order valence-electron chi connectivity index (χ4n) is 1.45. The van der Waals surface area contributed by atoms with E-state index in [2.05, 4.69) is 10.4 Å². The highest BCUT2D eigenvalue weighted by atomic mass is 19.4. The number of methoxy groups -OCH3 is 1. The fourth-order valence-corrected chi connectivity index (χ4v) is 1.45. The van der Waals surface area contributed by atoms with Crippen LogP contribution in [0.4, 0.5) is 19.0 Å². The van der Waals surface area contributed by atoms with E-state index in [-0.39, 0.29) is 11.4 Å². The van der Waals surface area contributed by atoms with Gasteiger partial charge < -0.3 is 10.1 Å². The molecule has 0 aromatic carbocycles. The summed E-state index contributed by atoms with van der Waals surface area (Å²) in [6.45, 7) is 2.96. The van der Waals surface area contributed by atoms with Crippen LogP contribution >= 0.6 is 0 Å². The van der Waals surface area contributed by atoms with Gasteiger partial charge in [-0.15, -0.1) is 0 Å². The maximum absolute atomic E-state index is 12.5. The first-order valence-corrected chi connectivity index (χ1v) is 5.27. The molecule has 18 heavy (non-hydrogen) atoms. The summed E-state index contributed by atoms with van der Waals surface area (Å²) in [5.74, 6) is -0.661. The predicted octanol–water partition coefficient (Wildman–Crippen LogP) is 2.10. The molecule has 1 aromatic rings. The lowest BCUT2D eigenvalue weighted by Gasteiger charge is -2.12. The standard InChI is InChI=1S/C10H14F3N3O2/c1-4-6(18-3)9(17)14-8-5(2)7(15-16-8)10(11,12)13/h6H,4H2,1-3H3,(H2,14,15,16,17)/t6-/m1/s1. The minimum absolute atomic E-state index is 0.136. The minimum Gasteiger partial charge on any atom is -0.372 e. The van der Waals surface area contributed by atoms with Crippen molar-refractivity contribution in [1.29, 1.82) is 0 Å². The zero-order valence-corrected chi connectivity index (χ0v) is 10.2. The second-order valence-electron chi connectivity index (χ2n) is 3.69. The van der Waals surface area contributed by atoms with Gasteiger partial charge in [-0.25, -0.2) is 0 Å². The minimum atomic E-state index is -4.52. The van der Waals surface area contributed by atoms with Crippen LogP contribution in [-0.2, 0) is 15.7 Å². The number of aromatic amines is 1. The number of carbonyl (C=O) groups excluding carboxylic acids is 1. The van der Waals surface area contributed by atoms with Crippen LogP contribution in [0.25, 0.3) is 0 Å². The van der Waals surface area contributed by atoms with Crippen molar-refractivity contribution in [2.45, 2.75) is 32.5 Å². The van der Waals surface area contributed by atoms with Gasteiger partial charge in [0, 0.05) is 12.7 Å². The third-order valence-electron chi connectivity index (χ3n) is 2.48. The van der Waals surface area contributed by atoms with E-state index in [0.29, 0.717) is 6.42 Å². The summed E-state index contributed by atoms with van der Waals surface area (Å²) in [5.41, 5.74) is -1.12. The smallest absolute Gasteiger partial charge is 0.372 e. The number of hydrogen-bond donors (Lipinski definition) is 2. The van der Waals surface area contributed by atoms with Crippen molar-refractivity contribution in [3.8, 4) is 0 Å². The maximum atomic E-state index is 12.5. The van der Waals surface area contributed by atoms with Gasteiger partial charge in [0.25, 0.3) is 5.91 Å². The van der Waals surface area contributed by atoms with E-state index in [1.807, 2.05) is 5.10 Å². The molecular weight excluding hydrogens is 251 g/mol. The van der Waals surface area contributed by atoms with Crippen LogP contribution in [0.3, 0.4) is 0 Å². The molecule has 1 heterocycles. The molecule has 0 unspecified atom stereocenters. The second-order valence-corrected chi connectivity index (χ2v) is 3.69. The first-order chi connectivity index (χ1) is 8.31. The summed E-state index contributed by atoms with van der Waals surface area (Å²) in [6, 6.07) is 0. The molecule has 0 saturated heterocycles. The van der Waals surface area contributed by atoms with Crippen molar-refractivity contribution < 1.29 is 22.7 Å². The summed E-state index contributed by atoms with van der Waals surface area (Å²) >= 11 is 0. The Morgan fingerprint density at radius 1 is 1.56 bits per heavy atom. The molecule has 0 spiro atoms. The Bertz CT molecular complexity index is 424. The van der Waals surface area contributed by atoms with E-state index < -0.39 is 23.9 Å². The second kappa shape index (κ2) is 5.38. The van der Waals surface area contributed by atoms with Gasteiger partial charge in [-0.1, -0.05) is 6.92 Å². The molecule has 0 bridgehead atoms. The lowest BCUT2D eigenvalue weighted by molar-refractivity contribution is -0.141. The SMILES string of the molecule is CC[C@@H](OC)C(=O)Nc1n[nH]c(C(F)(F)F)c1C. The summed E-state index contributed by atoms with van der Waals surface area (Å²) in [6.07, 6.45) is -4.82. The van der Waals surface area contributed by atoms with E-state index in [0.717, 1.165) is 0 Å². The molecule has 0 radical (unpaired) electrons. The molecule has 0 aliphatic heterocycles. The number of anilines is 1. The average molecular weight is 265 g/mol. The summed E-state index contributed by atoms with van der Waals surface area (Å²) in [4.78, 5) is 11.6. The van der Waals surface area contributed by atoms with Crippen molar-refractivity contribution in [2.24, 2.45) is 0 Å². The number of nitrogens with zero attached hydrogens (tertiary/aromatic N) is 1. The van der Waals surface area contributed by atoms with Gasteiger partial charge in [0.2, 0.25) is 0 Å². The highest BCUT2D eigenvalue weighted by Gasteiger charge is 2.36. The molecule has 5 nitrogen and oxygen atoms in total. The highest BCUT2D eigenvalue weighted by molar-refractivity contribution is 5.93. The Hall–Kier alpha value is -1.57. The van der Waals surface area contributed by atoms with Gasteiger partial charge in [0.1, 0.15) is 11.8 Å². The number of amides is 1. The zero-order chi connectivity index (χ0) is 13.9. The van der Waals surface area contributed by atoms with Crippen molar-refractivity contribution in [1.82, 2.24) is 10.2 Å². The molecule has 2 N–H and O–H groups in total. The van der Waals surface area contributed by atoms with Crippen LogP contribution in [-0.4, -0.2) is 29.3 Å². The maximum Gasteiger partial charge on any atom is 0.433 e.